The fraction of sp³-hybridized carbons (Fsp3) is 0.571. The van der Waals surface area contributed by atoms with Gasteiger partial charge in [-0.05, 0) is 44.2 Å². The Balaban J connectivity index is 2.47. The molecule has 1 saturated heterocycles. The zero-order valence-electron chi connectivity index (χ0n) is 12.6. The molecule has 0 bridgehead atoms. The number of halogens is 1. The van der Waals surface area contributed by atoms with E-state index in [9.17, 15) is 12.8 Å². The Bertz CT molecular complexity index is 610. The van der Waals surface area contributed by atoms with Crippen LogP contribution < -0.4 is 5.73 Å². The molecule has 0 saturated carbocycles. The third-order valence-electron chi connectivity index (χ3n) is 3.90. The van der Waals surface area contributed by atoms with Crippen LogP contribution in [0.15, 0.2) is 17.0 Å². The lowest BCUT2D eigenvalue weighted by atomic mass is 10.1. The maximum absolute atomic E-state index is 13.4. The number of benzene rings is 1. The van der Waals surface area contributed by atoms with E-state index in [1.807, 2.05) is 7.05 Å². The number of nitrogens with zero attached hydrogens (tertiary/aromatic N) is 2. The van der Waals surface area contributed by atoms with Crippen molar-refractivity contribution in [3.63, 3.8) is 0 Å². The quantitative estimate of drug-likeness (QED) is 0.892. The molecule has 21 heavy (non-hydrogen) atoms. The van der Waals surface area contributed by atoms with Gasteiger partial charge in [0.15, 0.2) is 0 Å². The minimum atomic E-state index is -3.66. The normalized spacial score (nSPS) is 21.7. The van der Waals surface area contributed by atoms with E-state index in [0.29, 0.717) is 30.8 Å². The highest BCUT2D eigenvalue weighted by Crippen LogP contribution is 2.27. The van der Waals surface area contributed by atoms with Crippen LogP contribution in [0.25, 0.3) is 0 Å². The van der Waals surface area contributed by atoms with Gasteiger partial charge in [-0.2, -0.15) is 4.31 Å². The molecule has 118 valence electrons. The lowest BCUT2D eigenvalue weighted by molar-refractivity contribution is 0.164. The number of hydrogen-bond acceptors (Lipinski definition) is 4. The molecule has 1 aliphatic rings. The van der Waals surface area contributed by atoms with Gasteiger partial charge in [-0.1, -0.05) is 0 Å². The Morgan fingerprint density at radius 3 is 2.38 bits per heavy atom. The summed E-state index contributed by atoms with van der Waals surface area (Å²) in [4.78, 5) is 2.26. The smallest absolute Gasteiger partial charge is 0.243 e. The molecule has 0 amide bonds. The molecule has 1 unspecified atom stereocenters. The summed E-state index contributed by atoms with van der Waals surface area (Å²) in [5, 5.41) is 0. The molecule has 2 rings (SSSR count). The number of rotatable bonds is 3. The summed E-state index contributed by atoms with van der Waals surface area (Å²) in [6.45, 7) is 5.18. The molecular weight excluding hydrogens is 293 g/mol. The first-order valence-electron chi connectivity index (χ1n) is 6.94. The van der Waals surface area contributed by atoms with Gasteiger partial charge < -0.3 is 10.6 Å². The minimum absolute atomic E-state index is 0.201. The van der Waals surface area contributed by atoms with E-state index in [4.69, 9.17) is 5.73 Å². The molecule has 0 aliphatic carbocycles. The van der Waals surface area contributed by atoms with Crippen LogP contribution >= 0.6 is 0 Å². The summed E-state index contributed by atoms with van der Waals surface area (Å²) in [5.41, 5.74) is 6.60. The number of nitrogens with two attached hydrogens (primary N) is 1. The molecule has 0 aromatic heterocycles. The Kier molecular flexibility index (Phi) is 4.67. The second-order valence-electron chi connectivity index (χ2n) is 5.64. The number of likely N-dealkylation sites (N-methyl/N-ethyl adjacent to an activating group) is 1. The lowest BCUT2D eigenvalue weighted by Gasteiger charge is -2.38. The third kappa shape index (κ3) is 3.11. The zero-order chi connectivity index (χ0) is 15.8. The number of aryl methyl sites for hydroxylation is 2. The predicted octanol–water partition coefficient (Wildman–Crippen LogP) is 0.706. The van der Waals surface area contributed by atoms with Crippen LogP contribution in [0.1, 0.15) is 11.1 Å². The summed E-state index contributed by atoms with van der Waals surface area (Å²) >= 11 is 0. The maximum atomic E-state index is 13.4. The first-order chi connectivity index (χ1) is 9.77. The van der Waals surface area contributed by atoms with Crippen LogP contribution in [0.2, 0.25) is 0 Å². The summed E-state index contributed by atoms with van der Waals surface area (Å²) < 4.78 is 40.7. The maximum Gasteiger partial charge on any atom is 0.243 e. The molecule has 1 atom stereocenters. The predicted molar refractivity (Wildman–Crippen MR) is 80.1 cm³/mol. The van der Waals surface area contributed by atoms with Crippen LogP contribution in [0.4, 0.5) is 4.39 Å². The monoisotopic (exact) mass is 315 g/mol. The highest BCUT2D eigenvalue weighted by Gasteiger charge is 2.36. The van der Waals surface area contributed by atoms with Gasteiger partial charge in [0.25, 0.3) is 0 Å². The van der Waals surface area contributed by atoms with Crippen molar-refractivity contribution in [2.45, 2.75) is 24.8 Å². The van der Waals surface area contributed by atoms with Crippen LogP contribution in [0.3, 0.4) is 0 Å². The highest BCUT2D eigenvalue weighted by molar-refractivity contribution is 7.89. The van der Waals surface area contributed by atoms with Crippen molar-refractivity contribution in [1.29, 1.82) is 0 Å². The first kappa shape index (κ1) is 16.4. The van der Waals surface area contributed by atoms with E-state index in [1.165, 1.54) is 16.4 Å². The molecule has 2 N–H and O–H groups in total. The zero-order valence-corrected chi connectivity index (χ0v) is 13.5. The second-order valence-corrected chi connectivity index (χ2v) is 7.46. The molecule has 0 radical (unpaired) electrons. The molecule has 1 aliphatic heterocycles. The van der Waals surface area contributed by atoms with Crippen molar-refractivity contribution >= 4 is 10.0 Å². The van der Waals surface area contributed by atoms with Crippen LogP contribution in [-0.4, -0.2) is 56.9 Å². The van der Waals surface area contributed by atoms with Crippen LogP contribution in [-0.2, 0) is 10.0 Å². The number of piperazine rings is 1. The van der Waals surface area contributed by atoms with E-state index in [1.54, 1.807) is 13.8 Å². The van der Waals surface area contributed by atoms with Gasteiger partial charge in [-0.25, -0.2) is 12.8 Å². The van der Waals surface area contributed by atoms with Crippen molar-refractivity contribution in [2.24, 2.45) is 5.73 Å². The molecule has 1 aromatic carbocycles. The van der Waals surface area contributed by atoms with E-state index >= 15 is 0 Å². The van der Waals surface area contributed by atoms with E-state index < -0.39 is 15.8 Å². The van der Waals surface area contributed by atoms with E-state index in [-0.39, 0.29) is 17.5 Å². The van der Waals surface area contributed by atoms with Gasteiger partial charge in [0.2, 0.25) is 10.0 Å². The lowest BCUT2D eigenvalue weighted by Crippen LogP contribution is -2.56. The average molecular weight is 315 g/mol. The Morgan fingerprint density at radius 1 is 1.29 bits per heavy atom. The van der Waals surface area contributed by atoms with Gasteiger partial charge in [-0.15, -0.1) is 0 Å². The van der Waals surface area contributed by atoms with Gasteiger partial charge in [-0.3, -0.25) is 0 Å². The molecular formula is C14H22FN3O2S. The summed E-state index contributed by atoms with van der Waals surface area (Å²) in [6.07, 6.45) is 0. The fourth-order valence-corrected chi connectivity index (χ4v) is 4.96. The van der Waals surface area contributed by atoms with Gasteiger partial charge in [0.1, 0.15) is 5.82 Å². The minimum Gasteiger partial charge on any atom is -0.329 e. The van der Waals surface area contributed by atoms with Crippen molar-refractivity contribution in [1.82, 2.24) is 9.21 Å². The topological polar surface area (TPSA) is 66.6 Å². The van der Waals surface area contributed by atoms with E-state index in [0.717, 1.165) is 0 Å². The molecule has 0 spiro atoms. The highest BCUT2D eigenvalue weighted by atomic mass is 32.2. The summed E-state index contributed by atoms with van der Waals surface area (Å²) in [7, 11) is -1.72. The van der Waals surface area contributed by atoms with Crippen molar-refractivity contribution in [3.05, 3.63) is 29.1 Å². The number of sulfonamides is 1. The third-order valence-corrected chi connectivity index (χ3v) is 6.15. The second kappa shape index (κ2) is 6.00. The Morgan fingerprint density at radius 2 is 1.86 bits per heavy atom. The van der Waals surface area contributed by atoms with Crippen molar-refractivity contribution in [2.75, 3.05) is 33.2 Å². The standard InChI is InChI=1S/C14H22FN3O2S/c1-10-6-12(15)7-11(2)14(10)21(19,20)18-5-4-17(3)9-13(18)8-16/h6-7,13H,4-5,8-9,16H2,1-3H3. The molecule has 1 aromatic rings. The van der Waals surface area contributed by atoms with Crippen molar-refractivity contribution < 1.29 is 12.8 Å². The Labute approximate surface area is 125 Å². The fourth-order valence-electron chi connectivity index (χ4n) is 2.92. The van der Waals surface area contributed by atoms with Crippen LogP contribution in [0, 0.1) is 19.7 Å². The molecule has 1 fully saturated rings. The first-order valence-corrected chi connectivity index (χ1v) is 8.38. The van der Waals surface area contributed by atoms with Gasteiger partial charge >= 0.3 is 0 Å². The average Bonchev–Trinajstić information content (AvgIpc) is 2.36. The van der Waals surface area contributed by atoms with Gasteiger partial charge in [0, 0.05) is 26.2 Å². The molecule has 5 nitrogen and oxygen atoms in total. The molecule has 1 heterocycles. The van der Waals surface area contributed by atoms with Gasteiger partial charge in [0.05, 0.1) is 10.9 Å². The molecule has 7 heteroatoms. The summed E-state index contributed by atoms with van der Waals surface area (Å²) in [5.74, 6) is -0.419. The number of hydrogen-bond donors (Lipinski definition) is 1. The largest absolute Gasteiger partial charge is 0.329 e. The summed E-state index contributed by atoms with van der Waals surface area (Å²) in [6, 6.07) is 2.26. The van der Waals surface area contributed by atoms with Crippen molar-refractivity contribution in [3.8, 4) is 0 Å². The Hall–Kier alpha value is -1.02. The SMILES string of the molecule is Cc1cc(F)cc(C)c1S(=O)(=O)N1CCN(C)CC1CN. The van der Waals surface area contributed by atoms with E-state index in [2.05, 4.69) is 4.90 Å². The van der Waals surface area contributed by atoms with Crippen LogP contribution in [0.5, 0.6) is 0 Å².